The summed E-state index contributed by atoms with van der Waals surface area (Å²) >= 11 is 0. The molecule has 176 valence electrons. The third kappa shape index (κ3) is 3.31. The van der Waals surface area contributed by atoms with Gasteiger partial charge in [-0.1, -0.05) is 43.2 Å². The van der Waals surface area contributed by atoms with Crippen molar-refractivity contribution in [2.24, 2.45) is 0 Å². The number of sulfonamides is 1. The summed E-state index contributed by atoms with van der Waals surface area (Å²) in [6.07, 6.45) is 4.09. The summed E-state index contributed by atoms with van der Waals surface area (Å²) in [5.41, 5.74) is 1.49. The molecule has 3 aromatic carbocycles. The maximum atomic E-state index is 13.2. The number of ether oxygens (including phenoxy) is 2. The summed E-state index contributed by atoms with van der Waals surface area (Å²) in [4.78, 5) is 13.3. The molecular formula is C26H26N2O5S. The van der Waals surface area contributed by atoms with Gasteiger partial charge in [0.1, 0.15) is 19.8 Å². The minimum absolute atomic E-state index is 0.196. The zero-order chi connectivity index (χ0) is 23.3. The molecule has 2 aliphatic heterocycles. The zero-order valence-corrected chi connectivity index (χ0v) is 19.6. The smallest absolute Gasteiger partial charge is 0.265 e. The lowest BCUT2D eigenvalue weighted by Crippen LogP contribution is -2.44. The highest BCUT2D eigenvalue weighted by molar-refractivity contribution is 7.93. The fourth-order valence-electron chi connectivity index (χ4n) is 5.58. The van der Waals surface area contributed by atoms with Crippen LogP contribution in [0.2, 0.25) is 0 Å². The van der Waals surface area contributed by atoms with Crippen LogP contribution in [-0.4, -0.2) is 40.6 Å². The van der Waals surface area contributed by atoms with E-state index in [1.807, 2.05) is 30.3 Å². The molecule has 0 aromatic heterocycles. The van der Waals surface area contributed by atoms with Gasteiger partial charge in [-0.3, -0.25) is 9.10 Å². The maximum absolute atomic E-state index is 13.2. The van der Waals surface area contributed by atoms with E-state index in [1.54, 1.807) is 18.2 Å². The molecule has 1 amide bonds. The van der Waals surface area contributed by atoms with E-state index in [4.69, 9.17) is 9.47 Å². The van der Waals surface area contributed by atoms with Gasteiger partial charge in [-0.05, 0) is 48.1 Å². The van der Waals surface area contributed by atoms with E-state index in [0.717, 1.165) is 48.1 Å². The molecule has 34 heavy (non-hydrogen) atoms. The maximum Gasteiger partial charge on any atom is 0.265 e. The van der Waals surface area contributed by atoms with Crippen molar-refractivity contribution in [3.05, 3.63) is 60.2 Å². The molecule has 7 nitrogen and oxygen atoms in total. The first-order chi connectivity index (χ1) is 16.5. The SMILES string of the molecule is O=C(CN1c2cccc3cccc(c23)S1(=O)=O)NCC1(c2ccc3c(c2)OCCO3)CCCC1. The largest absolute Gasteiger partial charge is 0.486 e. The van der Waals surface area contributed by atoms with E-state index < -0.39 is 10.0 Å². The summed E-state index contributed by atoms with van der Waals surface area (Å²) in [7, 11) is -3.77. The summed E-state index contributed by atoms with van der Waals surface area (Å²) in [5, 5.41) is 4.58. The number of nitrogens with one attached hydrogen (secondary N) is 1. The number of benzene rings is 3. The van der Waals surface area contributed by atoms with E-state index in [9.17, 15) is 13.2 Å². The van der Waals surface area contributed by atoms with Crippen molar-refractivity contribution >= 4 is 32.4 Å². The van der Waals surface area contributed by atoms with E-state index in [0.29, 0.717) is 30.8 Å². The summed E-state index contributed by atoms with van der Waals surface area (Å²) in [6, 6.07) is 16.7. The van der Waals surface area contributed by atoms with Crippen LogP contribution in [0.25, 0.3) is 10.8 Å². The summed E-state index contributed by atoms with van der Waals surface area (Å²) in [5.74, 6) is 1.19. The van der Waals surface area contributed by atoms with Crippen molar-refractivity contribution in [3.63, 3.8) is 0 Å². The van der Waals surface area contributed by atoms with Crippen LogP contribution in [0.5, 0.6) is 11.5 Å². The monoisotopic (exact) mass is 478 g/mol. The fraction of sp³-hybridized carbons (Fsp3) is 0.346. The number of fused-ring (bicyclic) bond motifs is 1. The van der Waals surface area contributed by atoms with Crippen LogP contribution in [-0.2, 0) is 20.2 Å². The number of anilines is 1. The minimum Gasteiger partial charge on any atom is -0.486 e. The van der Waals surface area contributed by atoms with Gasteiger partial charge < -0.3 is 14.8 Å². The second-order valence-electron chi connectivity index (χ2n) is 9.27. The number of amides is 1. The predicted octanol–water partition coefficient (Wildman–Crippen LogP) is 3.75. The first kappa shape index (κ1) is 21.3. The van der Waals surface area contributed by atoms with Crippen LogP contribution in [0, 0.1) is 0 Å². The number of hydrogen-bond donors (Lipinski definition) is 1. The molecule has 0 saturated heterocycles. The highest BCUT2D eigenvalue weighted by atomic mass is 32.2. The molecule has 0 radical (unpaired) electrons. The predicted molar refractivity (Wildman–Crippen MR) is 129 cm³/mol. The van der Waals surface area contributed by atoms with Crippen molar-refractivity contribution in [1.29, 1.82) is 0 Å². The second kappa shape index (κ2) is 7.91. The van der Waals surface area contributed by atoms with E-state index in [-0.39, 0.29) is 22.8 Å². The van der Waals surface area contributed by atoms with Crippen LogP contribution in [0.1, 0.15) is 31.2 Å². The second-order valence-corrected chi connectivity index (χ2v) is 11.1. The standard InChI is InChI=1S/C26H26N2O5S/c29-24(16-28-20-7-3-5-18-6-4-8-23(25(18)20)34(28,30)31)27-17-26(11-1-2-12-26)19-9-10-21-22(15-19)33-14-13-32-21/h3-10,15H,1-2,11-14,16-17H2,(H,27,29). The molecule has 2 heterocycles. The first-order valence-corrected chi connectivity index (χ1v) is 13.1. The lowest BCUT2D eigenvalue weighted by molar-refractivity contribution is -0.119. The molecule has 1 aliphatic carbocycles. The van der Waals surface area contributed by atoms with Crippen LogP contribution < -0.4 is 19.1 Å². The van der Waals surface area contributed by atoms with Crippen LogP contribution >= 0.6 is 0 Å². The molecule has 1 saturated carbocycles. The molecule has 6 rings (SSSR count). The van der Waals surface area contributed by atoms with Crippen molar-refractivity contribution in [3.8, 4) is 11.5 Å². The Balaban J connectivity index is 1.22. The molecule has 0 spiro atoms. The molecule has 8 heteroatoms. The normalized spacial score (nSPS) is 19.4. The third-order valence-electron chi connectivity index (χ3n) is 7.31. The van der Waals surface area contributed by atoms with Gasteiger partial charge in [0, 0.05) is 17.3 Å². The van der Waals surface area contributed by atoms with E-state index in [2.05, 4.69) is 11.4 Å². The Kier molecular flexibility index (Phi) is 4.95. The average molecular weight is 479 g/mol. The average Bonchev–Trinajstić information content (AvgIpc) is 3.42. The molecule has 0 unspecified atom stereocenters. The number of rotatable bonds is 5. The van der Waals surface area contributed by atoms with Gasteiger partial charge in [0.25, 0.3) is 10.0 Å². The van der Waals surface area contributed by atoms with Gasteiger partial charge >= 0.3 is 0 Å². The fourth-order valence-corrected chi connectivity index (χ4v) is 7.24. The van der Waals surface area contributed by atoms with Gasteiger partial charge in [0.15, 0.2) is 11.5 Å². The Morgan fingerprint density at radius 1 is 0.971 bits per heavy atom. The minimum atomic E-state index is -3.77. The number of carbonyl (C=O) groups is 1. The van der Waals surface area contributed by atoms with Crippen LogP contribution in [0.3, 0.4) is 0 Å². The molecule has 0 atom stereocenters. The Morgan fingerprint density at radius 2 is 1.71 bits per heavy atom. The Morgan fingerprint density at radius 3 is 2.50 bits per heavy atom. The van der Waals surface area contributed by atoms with Gasteiger partial charge in [-0.15, -0.1) is 0 Å². The highest BCUT2D eigenvalue weighted by Crippen LogP contribution is 2.44. The number of carbonyl (C=O) groups excluding carboxylic acids is 1. The van der Waals surface area contributed by atoms with Gasteiger partial charge in [-0.2, -0.15) is 0 Å². The van der Waals surface area contributed by atoms with Crippen molar-refractivity contribution < 1.29 is 22.7 Å². The Bertz CT molecular complexity index is 1390. The molecular weight excluding hydrogens is 452 g/mol. The molecule has 1 fully saturated rings. The first-order valence-electron chi connectivity index (χ1n) is 11.7. The quantitative estimate of drug-likeness (QED) is 0.604. The topological polar surface area (TPSA) is 84.9 Å². The van der Waals surface area contributed by atoms with E-state index in [1.165, 1.54) is 4.31 Å². The molecule has 3 aromatic rings. The number of hydrogen-bond acceptors (Lipinski definition) is 5. The Labute approximate surface area is 198 Å². The third-order valence-corrected chi connectivity index (χ3v) is 9.11. The summed E-state index contributed by atoms with van der Waals surface area (Å²) in [6.45, 7) is 1.29. The lowest BCUT2D eigenvalue weighted by Gasteiger charge is -2.31. The zero-order valence-electron chi connectivity index (χ0n) is 18.7. The Hall–Kier alpha value is -3.26. The molecule has 1 N–H and O–H groups in total. The van der Waals surface area contributed by atoms with E-state index >= 15 is 0 Å². The lowest BCUT2D eigenvalue weighted by atomic mass is 9.78. The van der Waals surface area contributed by atoms with Gasteiger partial charge in [0.05, 0.1) is 10.6 Å². The number of nitrogens with zero attached hydrogens (tertiary/aromatic N) is 1. The van der Waals surface area contributed by atoms with Gasteiger partial charge in [-0.25, -0.2) is 8.42 Å². The van der Waals surface area contributed by atoms with Crippen molar-refractivity contribution in [2.45, 2.75) is 36.0 Å². The van der Waals surface area contributed by atoms with Crippen molar-refractivity contribution in [1.82, 2.24) is 5.32 Å². The highest BCUT2D eigenvalue weighted by Gasteiger charge is 2.39. The van der Waals surface area contributed by atoms with Crippen molar-refractivity contribution in [2.75, 3.05) is 30.6 Å². The van der Waals surface area contributed by atoms with Crippen LogP contribution in [0.15, 0.2) is 59.5 Å². The summed E-state index contributed by atoms with van der Waals surface area (Å²) < 4.78 is 39.1. The van der Waals surface area contributed by atoms with Gasteiger partial charge in [0.2, 0.25) is 5.91 Å². The van der Waals surface area contributed by atoms with Crippen LogP contribution in [0.4, 0.5) is 5.69 Å². The molecule has 3 aliphatic rings. The molecule has 0 bridgehead atoms.